The zero-order chi connectivity index (χ0) is 23.4. The van der Waals surface area contributed by atoms with Crippen molar-refractivity contribution in [3.8, 4) is 11.1 Å². The molecule has 0 aromatic heterocycles. The highest BCUT2D eigenvalue weighted by Gasteiger charge is 2.32. The summed E-state index contributed by atoms with van der Waals surface area (Å²) in [6, 6.07) is 11.5. The lowest BCUT2D eigenvalue weighted by molar-refractivity contribution is -0.122. The van der Waals surface area contributed by atoms with Gasteiger partial charge in [0.1, 0.15) is 18.0 Å². The Balaban J connectivity index is 1.38. The molecular weight excluding hydrogens is 427 g/mol. The molecule has 0 radical (unpaired) electrons. The number of anilines is 1. The van der Waals surface area contributed by atoms with Crippen molar-refractivity contribution in [3.63, 3.8) is 0 Å². The Morgan fingerprint density at radius 1 is 1.18 bits per heavy atom. The standard InChI is InChI=1S/C24H25FN4O4/c1-15(30)27-13-19-14-29(24(32)33-19)18-8-9-20(21(25)11-18)17-6-4-16(5-7-17)12-28-23(31)22-3-2-10-26-22/h2-9,11,19,22,26H,10,12-14H2,1H3,(H,27,30)(H,28,31)/t19-,22-/m0/s1. The van der Waals surface area contributed by atoms with Crippen LogP contribution in [0.2, 0.25) is 0 Å². The molecule has 0 aliphatic carbocycles. The van der Waals surface area contributed by atoms with Crippen LogP contribution in [0.3, 0.4) is 0 Å². The Morgan fingerprint density at radius 2 is 1.97 bits per heavy atom. The van der Waals surface area contributed by atoms with Crippen molar-refractivity contribution in [1.82, 2.24) is 16.0 Å². The smallest absolute Gasteiger partial charge is 0.414 e. The number of nitrogens with zero attached hydrogens (tertiary/aromatic N) is 1. The largest absolute Gasteiger partial charge is 0.442 e. The van der Waals surface area contributed by atoms with Gasteiger partial charge in [0.05, 0.1) is 18.8 Å². The quantitative estimate of drug-likeness (QED) is 0.559. The van der Waals surface area contributed by atoms with Crippen LogP contribution < -0.4 is 20.9 Å². The van der Waals surface area contributed by atoms with Crippen LogP contribution in [0.4, 0.5) is 14.9 Å². The second kappa shape index (κ2) is 9.83. The minimum Gasteiger partial charge on any atom is -0.442 e. The number of hydrogen-bond acceptors (Lipinski definition) is 5. The highest BCUT2D eigenvalue weighted by Crippen LogP contribution is 2.29. The molecule has 8 nitrogen and oxygen atoms in total. The Kier molecular flexibility index (Phi) is 6.69. The maximum absolute atomic E-state index is 14.9. The van der Waals surface area contributed by atoms with Crippen molar-refractivity contribution in [2.75, 3.05) is 24.5 Å². The van der Waals surface area contributed by atoms with Gasteiger partial charge in [0.15, 0.2) is 0 Å². The number of carbonyl (C=O) groups excluding carboxylic acids is 3. The fourth-order valence-electron chi connectivity index (χ4n) is 3.75. The van der Waals surface area contributed by atoms with Crippen LogP contribution in [0, 0.1) is 5.82 Å². The third-order valence-corrected chi connectivity index (χ3v) is 5.52. The summed E-state index contributed by atoms with van der Waals surface area (Å²) in [5.74, 6) is -0.767. The summed E-state index contributed by atoms with van der Waals surface area (Å²) in [5.41, 5.74) is 2.37. The normalized spacial score (nSPS) is 19.5. The average molecular weight is 452 g/mol. The minimum atomic E-state index is -0.577. The van der Waals surface area contributed by atoms with Gasteiger partial charge in [0.2, 0.25) is 11.8 Å². The highest BCUT2D eigenvalue weighted by atomic mass is 19.1. The van der Waals surface area contributed by atoms with Gasteiger partial charge in [-0.2, -0.15) is 0 Å². The van der Waals surface area contributed by atoms with E-state index in [1.807, 2.05) is 24.3 Å². The molecule has 3 amide bonds. The number of cyclic esters (lactones) is 1. The van der Waals surface area contributed by atoms with E-state index >= 15 is 0 Å². The number of halogens is 1. The molecule has 2 aromatic carbocycles. The first kappa shape index (κ1) is 22.5. The van der Waals surface area contributed by atoms with Gasteiger partial charge in [-0.25, -0.2) is 9.18 Å². The molecule has 2 aromatic rings. The molecule has 9 heteroatoms. The lowest BCUT2D eigenvalue weighted by Crippen LogP contribution is -2.40. The first-order valence-electron chi connectivity index (χ1n) is 10.7. The van der Waals surface area contributed by atoms with Gasteiger partial charge in [-0.15, -0.1) is 0 Å². The molecule has 2 heterocycles. The van der Waals surface area contributed by atoms with Gasteiger partial charge >= 0.3 is 6.09 Å². The predicted octanol–water partition coefficient (Wildman–Crippen LogP) is 2.10. The van der Waals surface area contributed by atoms with E-state index in [9.17, 15) is 18.8 Å². The van der Waals surface area contributed by atoms with Gasteiger partial charge < -0.3 is 15.4 Å². The zero-order valence-electron chi connectivity index (χ0n) is 18.1. The molecule has 0 spiro atoms. The summed E-state index contributed by atoms with van der Waals surface area (Å²) in [7, 11) is 0. The number of ether oxygens (including phenoxy) is 1. The summed E-state index contributed by atoms with van der Waals surface area (Å²) >= 11 is 0. The minimum absolute atomic E-state index is 0.0887. The van der Waals surface area contributed by atoms with Gasteiger partial charge in [0, 0.05) is 25.6 Å². The third-order valence-electron chi connectivity index (χ3n) is 5.52. The van der Waals surface area contributed by atoms with Crippen molar-refractivity contribution in [2.24, 2.45) is 0 Å². The summed E-state index contributed by atoms with van der Waals surface area (Å²) in [6.07, 6.45) is 2.68. The van der Waals surface area contributed by atoms with Crippen LogP contribution in [0.25, 0.3) is 11.1 Å². The number of benzene rings is 2. The van der Waals surface area contributed by atoms with E-state index in [1.54, 1.807) is 24.3 Å². The molecule has 2 aliphatic rings. The average Bonchev–Trinajstić information content (AvgIpc) is 3.46. The summed E-state index contributed by atoms with van der Waals surface area (Å²) in [6.45, 7) is 2.89. The number of hydrogen-bond donors (Lipinski definition) is 3. The first-order valence-corrected chi connectivity index (χ1v) is 10.7. The maximum atomic E-state index is 14.9. The van der Waals surface area contributed by atoms with Crippen LogP contribution in [-0.2, 0) is 20.9 Å². The van der Waals surface area contributed by atoms with Crippen LogP contribution in [0.1, 0.15) is 12.5 Å². The molecule has 2 atom stereocenters. The van der Waals surface area contributed by atoms with E-state index < -0.39 is 18.0 Å². The van der Waals surface area contributed by atoms with Crippen molar-refractivity contribution in [3.05, 3.63) is 66.0 Å². The van der Waals surface area contributed by atoms with Crippen LogP contribution in [0.15, 0.2) is 54.6 Å². The second-order valence-electron chi connectivity index (χ2n) is 7.95. The zero-order valence-corrected chi connectivity index (χ0v) is 18.1. The summed E-state index contributed by atoms with van der Waals surface area (Å²) in [5, 5.41) is 8.54. The van der Waals surface area contributed by atoms with Gasteiger partial charge in [-0.05, 0) is 29.3 Å². The molecule has 2 aliphatic heterocycles. The molecule has 0 saturated carbocycles. The van der Waals surface area contributed by atoms with E-state index in [0.717, 1.165) is 5.56 Å². The summed E-state index contributed by atoms with van der Waals surface area (Å²) in [4.78, 5) is 36.6. The highest BCUT2D eigenvalue weighted by molar-refractivity contribution is 5.90. The van der Waals surface area contributed by atoms with Crippen LogP contribution in [-0.4, -0.2) is 49.7 Å². The van der Waals surface area contributed by atoms with Gasteiger partial charge in [-0.3, -0.25) is 19.8 Å². The molecule has 1 saturated heterocycles. The van der Waals surface area contributed by atoms with E-state index in [4.69, 9.17) is 4.74 Å². The van der Waals surface area contributed by atoms with Crippen molar-refractivity contribution < 1.29 is 23.5 Å². The lowest BCUT2D eigenvalue weighted by atomic mass is 10.0. The number of rotatable bonds is 7. The number of nitrogens with one attached hydrogen (secondary N) is 3. The Morgan fingerprint density at radius 3 is 2.64 bits per heavy atom. The molecule has 3 N–H and O–H groups in total. The van der Waals surface area contributed by atoms with E-state index in [1.165, 1.54) is 17.9 Å². The number of amides is 3. The molecule has 33 heavy (non-hydrogen) atoms. The predicted molar refractivity (Wildman–Crippen MR) is 121 cm³/mol. The van der Waals surface area contributed by atoms with E-state index in [2.05, 4.69) is 16.0 Å². The second-order valence-corrected chi connectivity index (χ2v) is 7.95. The Labute approximate surface area is 190 Å². The molecule has 172 valence electrons. The monoisotopic (exact) mass is 452 g/mol. The molecule has 1 fully saturated rings. The van der Waals surface area contributed by atoms with E-state index in [0.29, 0.717) is 29.9 Å². The van der Waals surface area contributed by atoms with Crippen LogP contribution in [0.5, 0.6) is 0 Å². The van der Waals surface area contributed by atoms with Gasteiger partial charge in [-0.1, -0.05) is 36.4 Å². The third kappa shape index (κ3) is 5.38. The van der Waals surface area contributed by atoms with Gasteiger partial charge in [0.25, 0.3) is 0 Å². The van der Waals surface area contributed by atoms with Crippen LogP contribution >= 0.6 is 0 Å². The van der Waals surface area contributed by atoms with Crippen molar-refractivity contribution in [2.45, 2.75) is 25.6 Å². The molecule has 0 unspecified atom stereocenters. The molecule has 0 bridgehead atoms. The Hall–Kier alpha value is -3.72. The van der Waals surface area contributed by atoms with Crippen molar-refractivity contribution >= 4 is 23.6 Å². The SMILES string of the molecule is CC(=O)NC[C@H]1CN(c2ccc(-c3ccc(CNC(=O)[C@@H]4C=CCN4)cc3)c(F)c2)C(=O)O1. The first-order chi connectivity index (χ1) is 15.9. The molecule has 4 rings (SSSR count). The fraction of sp³-hybridized carbons (Fsp3) is 0.292. The lowest BCUT2D eigenvalue weighted by Gasteiger charge is -2.15. The van der Waals surface area contributed by atoms with Crippen molar-refractivity contribution in [1.29, 1.82) is 0 Å². The van der Waals surface area contributed by atoms with E-state index in [-0.39, 0.29) is 30.9 Å². The summed E-state index contributed by atoms with van der Waals surface area (Å²) < 4.78 is 20.1. The Bertz CT molecular complexity index is 1090. The molecular formula is C24H25FN4O4. The maximum Gasteiger partial charge on any atom is 0.414 e. The number of carbonyl (C=O) groups is 3. The topological polar surface area (TPSA) is 99.8 Å². The fourth-order valence-corrected chi connectivity index (χ4v) is 3.75.